The van der Waals surface area contributed by atoms with Gasteiger partial charge < -0.3 is 15.2 Å². The van der Waals surface area contributed by atoms with Crippen molar-refractivity contribution in [2.45, 2.75) is 44.1 Å². The zero-order chi connectivity index (χ0) is 11.7. The summed E-state index contributed by atoms with van der Waals surface area (Å²) in [7, 11) is 0. The Morgan fingerprint density at radius 3 is 2.62 bits per heavy atom. The number of nitrogens with one attached hydrogen (secondary N) is 1. The number of unbranched alkanes of at least 4 members (excludes halogenated alkanes) is 3. The van der Waals surface area contributed by atoms with E-state index < -0.39 is 0 Å². The molecule has 0 aromatic rings. The lowest BCUT2D eigenvalue weighted by Gasteiger charge is -2.36. The van der Waals surface area contributed by atoms with E-state index in [4.69, 9.17) is 4.74 Å². The van der Waals surface area contributed by atoms with E-state index in [2.05, 4.69) is 11.9 Å². The minimum atomic E-state index is -0.0727. The van der Waals surface area contributed by atoms with Crippen molar-refractivity contribution >= 4 is 0 Å². The fourth-order valence-corrected chi connectivity index (χ4v) is 2.10. The lowest BCUT2D eigenvalue weighted by molar-refractivity contribution is 0.0120. The van der Waals surface area contributed by atoms with Gasteiger partial charge in [0.1, 0.15) is 0 Å². The Bertz CT molecular complexity index is 188. The van der Waals surface area contributed by atoms with Gasteiger partial charge in [0.2, 0.25) is 0 Å². The number of ether oxygens (including phenoxy) is 1. The first kappa shape index (κ1) is 13.7. The summed E-state index contributed by atoms with van der Waals surface area (Å²) in [5, 5.41) is 13.0. The Balaban J connectivity index is 2.11. The van der Waals surface area contributed by atoms with Crippen molar-refractivity contribution in [2.75, 3.05) is 26.4 Å². The molecule has 1 fully saturated rings. The fourth-order valence-electron chi connectivity index (χ4n) is 2.10. The van der Waals surface area contributed by atoms with E-state index in [0.29, 0.717) is 0 Å². The van der Waals surface area contributed by atoms with Crippen molar-refractivity contribution in [1.29, 1.82) is 0 Å². The van der Waals surface area contributed by atoms with Crippen LogP contribution in [0.25, 0.3) is 0 Å². The molecule has 1 aliphatic rings. The molecule has 0 radical (unpaired) electrons. The molecule has 0 amide bonds. The van der Waals surface area contributed by atoms with Gasteiger partial charge in [-0.15, -0.1) is 6.58 Å². The molecule has 0 unspecified atom stereocenters. The maximum Gasteiger partial charge on any atom is 0.0615 e. The molecular weight excluding hydrogens is 202 g/mol. The Morgan fingerprint density at radius 2 is 2.00 bits per heavy atom. The molecule has 16 heavy (non-hydrogen) atoms. The molecular formula is C13H25NO2. The van der Waals surface area contributed by atoms with E-state index in [1.54, 1.807) is 0 Å². The maximum atomic E-state index is 9.45. The van der Waals surface area contributed by atoms with Crippen LogP contribution in [-0.4, -0.2) is 37.0 Å². The van der Waals surface area contributed by atoms with Crippen molar-refractivity contribution < 1.29 is 9.84 Å². The van der Waals surface area contributed by atoms with Crippen LogP contribution in [0, 0.1) is 0 Å². The predicted molar refractivity (Wildman–Crippen MR) is 66.5 cm³/mol. The van der Waals surface area contributed by atoms with Crippen LogP contribution in [0.1, 0.15) is 38.5 Å². The number of aliphatic hydroxyl groups excluding tert-OH is 1. The second-order valence-electron chi connectivity index (χ2n) is 4.62. The third kappa shape index (κ3) is 4.64. The molecule has 0 bridgehead atoms. The Kier molecular flexibility index (Phi) is 6.69. The summed E-state index contributed by atoms with van der Waals surface area (Å²) in [6.07, 6.45) is 8.57. The molecule has 1 heterocycles. The number of hydrogen-bond acceptors (Lipinski definition) is 3. The Labute approximate surface area is 98.9 Å². The third-order valence-corrected chi connectivity index (χ3v) is 3.34. The van der Waals surface area contributed by atoms with Crippen LogP contribution in [0.4, 0.5) is 0 Å². The molecule has 0 atom stereocenters. The highest BCUT2D eigenvalue weighted by molar-refractivity contribution is 4.89. The van der Waals surface area contributed by atoms with E-state index in [9.17, 15) is 5.11 Å². The van der Waals surface area contributed by atoms with Gasteiger partial charge in [0.05, 0.1) is 6.61 Å². The minimum Gasteiger partial charge on any atom is -0.394 e. The van der Waals surface area contributed by atoms with Crippen LogP contribution in [0.2, 0.25) is 0 Å². The van der Waals surface area contributed by atoms with Gasteiger partial charge in [-0.1, -0.05) is 12.5 Å². The van der Waals surface area contributed by atoms with E-state index >= 15 is 0 Å². The maximum absolute atomic E-state index is 9.45. The highest BCUT2D eigenvalue weighted by atomic mass is 16.5. The van der Waals surface area contributed by atoms with E-state index in [1.165, 1.54) is 19.3 Å². The summed E-state index contributed by atoms with van der Waals surface area (Å²) in [6.45, 7) is 6.47. The Morgan fingerprint density at radius 1 is 1.25 bits per heavy atom. The molecule has 94 valence electrons. The van der Waals surface area contributed by atoms with Crippen molar-refractivity contribution in [2.24, 2.45) is 0 Å². The summed E-state index contributed by atoms with van der Waals surface area (Å²) in [5.74, 6) is 0. The molecule has 3 nitrogen and oxygen atoms in total. The molecule has 0 spiro atoms. The molecule has 1 saturated heterocycles. The molecule has 0 aromatic heterocycles. The molecule has 2 N–H and O–H groups in total. The van der Waals surface area contributed by atoms with Crippen molar-refractivity contribution in [1.82, 2.24) is 5.32 Å². The highest BCUT2D eigenvalue weighted by Crippen LogP contribution is 2.19. The summed E-state index contributed by atoms with van der Waals surface area (Å²) in [5.41, 5.74) is -0.0727. The van der Waals surface area contributed by atoms with Gasteiger partial charge in [-0.25, -0.2) is 0 Å². The van der Waals surface area contributed by atoms with Crippen LogP contribution in [-0.2, 0) is 4.74 Å². The first-order valence-corrected chi connectivity index (χ1v) is 6.37. The summed E-state index contributed by atoms with van der Waals surface area (Å²) in [6, 6.07) is 0. The summed E-state index contributed by atoms with van der Waals surface area (Å²) in [4.78, 5) is 0. The monoisotopic (exact) mass is 227 g/mol. The SMILES string of the molecule is C=CCCCCCNC1(CO)CCOCC1. The van der Waals surface area contributed by atoms with Crippen LogP contribution < -0.4 is 5.32 Å². The van der Waals surface area contributed by atoms with Crippen LogP contribution >= 0.6 is 0 Å². The minimum absolute atomic E-state index is 0.0727. The van der Waals surface area contributed by atoms with E-state index in [1.807, 2.05) is 6.08 Å². The van der Waals surface area contributed by atoms with Crippen LogP contribution in [0.3, 0.4) is 0 Å². The van der Waals surface area contributed by atoms with Gasteiger partial charge in [-0.05, 0) is 38.6 Å². The topological polar surface area (TPSA) is 41.5 Å². The van der Waals surface area contributed by atoms with Gasteiger partial charge >= 0.3 is 0 Å². The standard InChI is InChI=1S/C13H25NO2/c1-2-3-4-5-6-9-14-13(12-15)7-10-16-11-8-13/h2,14-15H,1,3-12H2. The average Bonchev–Trinajstić information content (AvgIpc) is 2.35. The molecule has 0 saturated carbocycles. The number of allylic oxidation sites excluding steroid dienone is 1. The zero-order valence-corrected chi connectivity index (χ0v) is 10.2. The lowest BCUT2D eigenvalue weighted by Crippen LogP contribution is -2.52. The summed E-state index contributed by atoms with van der Waals surface area (Å²) >= 11 is 0. The normalized spacial score (nSPS) is 19.6. The van der Waals surface area contributed by atoms with Gasteiger partial charge in [0, 0.05) is 18.8 Å². The predicted octanol–water partition coefficient (Wildman–Crippen LogP) is 1.86. The average molecular weight is 227 g/mol. The van der Waals surface area contributed by atoms with Crippen LogP contribution in [0.5, 0.6) is 0 Å². The first-order valence-electron chi connectivity index (χ1n) is 6.37. The van der Waals surface area contributed by atoms with Gasteiger partial charge in [0.25, 0.3) is 0 Å². The quantitative estimate of drug-likeness (QED) is 0.491. The van der Waals surface area contributed by atoms with Gasteiger partial charge in [-0.2, -0.15) is 0 Å². The fraction of sp³-hybridized carbons (Fsp3) is 0.846. The second kappa shape index (κ2) is 7.82. The van der Waals surface area contributed by atoms with Gasteiger partial charge in [-0.3, -0.25) is 0 Å². The smallest absolute Gasteiger partial charge is 0.0615 e. The second-order valence-corrected chi connectivity index (χ2v) is 4.62. The number of rotatable bonds is 8. The number of hydrogen-bond donors (Lipinski definition) is 2. The van der Waals surface area contributed by atoms with E-state index in [0.717, 1.165) is 39.0 Å². The largest absolute Gasteiger partial charge is 0.394 e. The molecule has 0 aliphatic carbocycles. The zero-order valence-electron chi connectivity index (χ0n) is 10.2. The van der Waals surface area contributed by atoms with Crippen molar-refractivity contribution in [3.05, 3.63) is 12.7 Å². The molecule has 3 heteroatoms. The highest BCUT2D eigenvalue weighted by Gasteiger charge is 2.30. The Hall–Kier alpha value is -0.380. The summed E-state index contributed by atoms with van der Waals surface area (Å²) < 4.78 is 5.32. The molecule has 1 aliphatic heterocycles. The number of aliphatic hydroxyl groups is 1. The van der Waals surface area contributed by atoms with E-state index in [-0.39, 0.29) is 12.1 Å². The van der Waals surface area contributed by atoms with Crippen molar-refractivity contribution in [3.8, 4) is 0 Å². The lowest BCUT2D eigenvalue weighted by atomic mass is 9.91. The third-order valence-electron chi connectivity index (χ3n) is 3.34. The first-order chi connectivity index (χ1) is 7.83. The molecule has 1 rings (SSSR count). The van der Waals surface area contributed by atoms with Crippen molar-refractivity contribution in [3.63, 3.8) is 0 Å². The molecule has 0 aromatic carbocycles. The van der Waals surface area contributed by atoms with Crippen LogP contribution in [0.15, 0.2) is 12.7 Å². The van der Waals surface area contributed by atoms with Gasteiger partial charge in [0.15, 0.2) is 0 Å².